The summed E-state index contributed by atoms with van der Waals surface area (Å²) < 4.78 is 2.44. The fourth-order valence-corrected chi connectivity index (χ4v) is 10.6. The first-order valence-corrected chi connectivity index (χ1v) is 20.7. The third-order valence-electron chi connectivity index (χ3n) is 12.8. The Morgan fingerprint density at radius 2 is 0.948 bits per heavy atom. The Bertz CT molecular complexity index is 2920. The van der Waals surface area contributed by atoms with Crippen LogP contribution >= 0.6 is 0 Å². The molecule has 2 aliphatic rings. The van der Waals surface area contributed by atoms with E-state index in [0.717, 1.165) is 25.7 Å². The minimum atomic E-state index is -0.145. The third-order valence-corrected chi connectivity index (χ3v) is 12.8. The molecular formula is C55H45N3. The Kier molecular flexibility index (Phi) is 8.11. The van der Waals surface area contributed by atoms with Crippen molar-refractivity contribution in [3.8, 4) is 5.69 Å². The number of aromatic nitrogens is 1. The van der Waals surface area contributed by atoms with Gasteiger partial charge in [0.2, 0.25) is 0 Å². The average Bonchev–Trinajstić information content (AvgIpc) is 3.95. The second-order valence-corrected chi connectivity index (χ2v) is 16.2. The lowest BCUT2D eigenvalue weighted by atomic mass is 9.74. The second-order valence-electron chi connectivity index (χ2n) is 16.2. The van der Waals surface area contributed by atoms with Crippen molar-refractivity contribution < 1.29 is 0 Å². The molecule has 3 heteroatoms. The van der Waals surface area contributed by atoms with Crippen LogP contribution in [0.4, 0.5) is 34.1 Å². The lowest BCUT2D eigenvalue weighted by Gasteiger charge is -2.37. The smallest absolute Gasteiger partial charge is 0.0546 e. The molecule has 0 N–H and O–H groups in total. The number of rotatable bonds is 7. The maximum Gasteiger partial charge on any atom is 0.0546 e. The monoisotopic (exact) mass is 747 g/mol. The maximum atomic E-state index is 2.55. The van der Waals surface area contributed by atoms with Gasteiger partial charge in [-0.1, -0.05) is 103 Å². The van der Waals surface area contributed by atoms with E-state index in [1.54, 1.807) is 0 Å². The Morgan fingerprint density at radius 3 is 1.48 bits per heavy atom. The molecule has 58 heavy (non-hydrogen) atoms. The van der Waals surface area contributed by atoms with Crippen LogP contribution in [0, 0.1) is 13.8 Å². The van der Waals surface area contributed by atoms with Gasteiger partial charge in [0.15, 0.2) is 0 Å². The molecule has 0 bridgehead atoms. The molecule has 8 aromatic carbocycles. The molecule has 280 valence electrons. The topological polar surface area (TPSA) is 11.4 Å². The highest BCUT2D eigenvalue weighted by Crippen LogP contribution is 2.60. The number of nitrogens with zero attached hydrogens (tertiary/aromatic N) is 3. The summed E-state index contributed by atoms with van der Waals surface area (Å²) in [5, 5.41) is 2.58. The van der Waals surface area contributed by atoms with Crippen molar-refractivity contribution in [2.45, 2.75) is 44.9 Å². The van der Waals surface area contributed by atoms with Crippen LogP contribution in [0.2, 0.25) is 0 Å². The van der Waals surface area contributed by atoms with Gasteiger partial charge in [-0.15, -0.1) is 0 Å². The molecule has 0 saturated heterocycles. The Labute approximate surface area is 341 Å². The van der Waals surface area contributed by atoms with Crippen molar-refractivity contribution in [2.75, 3.05) is 9.80 Å². The molecule has 0 radical (unpaired) electrons. The van der Waals surface area contributed by atoms with Gasteiger partial charge in [-0.25, -0.2) is 0 Å². The van der Waals surface area contributed by atoms with E-state index in [4.69, 9.17) is 0 Å². The van der Waals surface area contributed by atoms with Gasteiger partial charge in [-0.05, 0) is 158 Å². The number of para-hydroxylation sites is 4. The van der Waals surface area contributed by atoms with Gasteiger partial charge < -0.3 is 14.4 Å². The number of hydrogen-bond acceptors (Lipinski definition) is 2. The molecule has 1 spiro atoms. The molecule has 1 heterocycles. The summed E-state index contributed by atoms with van der Waals surface area (Å²) in [5.74, 6) is 0. The quantitative estimate of drug-likeness (QED) is 0.161. The highest BCUT2D eigenvalue weighted by molar-refractivity contribution is 6.12. The summed E-state index contributed by atoms with van der Waals surface area (Å²) in [4.78, 5) is 5.04. The van der Waals surface area contributed by atoms with Crippen LogP contribution in [-0.4, -0.2) is 4.57 Å². The number of aryl methyl sites for hydroxylation is 4. The third kappa shape index (κ3) is 5.34. The van der Waals surface area contributed by atoms with Crippen LogP contribution in [0.3, 0.4) is 0 Å². The molecule has 3 nitrogen and oxygen atoms in total. The number of hydrogen-bond donors (Lipinski definition) is 0. The Hall–Kier alpha value is -6.84. The minimum Gasteiger partial charge on any atom is -0.310 e. The first-order chi connectivity index (χ1) is 28.6. The maximum absolute atomic E-state index is 2.55. The standard InChI is InChI=1S/C55H45N3/c1-38-35-39(2)52-47-37-46(29-30-48(47)58(51(52)36-38)45-25-13-6-14-26-45)57(44-23-11-5-12-24-44)50-28-16-18-41-32-34-55(54(41)50)33-31-40-17-15-27-49(53(40)55)56(42-19-7-3-8-20-42)43-21-9-4-10-22-43/h3-30,35-37H,31-34H2,1-2H3/t55-/m1/s1. The average molecular weight is 748 g/mol. The van der Waals surface area contributed by atoms with E-state index in [0.29, 0.717) is 0 Å². The molecule has 0 amide bonds. The van der Waals surface area contributed by atoms with Gasteiger partial charge in [0.1, 0.15) is 0 Å². The number of fused-ring (bicyclic) bond motifs is 7. The zero-order chi connectivity index (χ0) is 38.8. The molecule has 0 saturated carbocycles. The Morgan fingerprint density at radius 1 is 0.448 bits per heavy atom. The van der Waals surface area contributed by atoms with Gasteiger partial charge in [0.05, 0.1) is 22.4 Å². The van der Waals surface area contributed by atoms with E-state index in [2.05, 4.69) is 216 Å². The highest BCUT2D eigenvalue weighted by Gasteiger charge is 2.49. The first kappa shape index (κ1) is 34.4. The predicted octanol–water partition coefficient (Wildman–Crippen LogP) is 14.5. The largest absolute Gasteiger partial charge is 0.310 e. The minimum absolute atomic E-state index is 0.145. The summed E-state index contributed by atoms with van der Waals surface area (Å²) in [5.41, 5.74) is 19.2. The van der Waals surface area contributed by atoms with Crippen LogP contribution in [0.25, 0.3) is 27.5 Å². The summed E-state index contributed by atoms with van der Waals surface area (Å²) in [6.07, 6.45) is 4.29. The molecule has 0 unspecified atom stereocenters. The lowest BCUT2D eigenvalue weighted by Crippen LogP contribution is -2.27. The second kappa shape index (κ2) is 13.7. The first-order valence-electron chi connectivity index (χ1n) is 20.7. The SMILES string of the molecule is Cc1cc(C)c2c3cc(N(c4ccccc4)c4cccc5c4[C@]4(CCc6cccc(N(c7ccccc7)c7ccccc7)c64)CC5)ccc3n(-c3ccccc3)c2c1. The van der Waals surface area contributed by atoms with Crippen molar-refractivity contribution in [3.63, 3.8) is 0 Å². The summed E-state index contributed by atoms with van der Waals surface area (Å²) in [6.45, 7) is 4.47. The highest BCUT2D eigenvalue weighted by atomic mass is 15.2. The van der Waals surface area contributed by atoms with E-state index in [1.165, 1.54) is 95.0 Å². The van der Waals surface area contributed by atoms with Gasteiger partial charge in [0.25, 0.3) is 0 Å². The Balaban J connectivity index is 1.15. The fraction of sp³-hybridized carbons (Fsp3) is 0.127. The van der Waals surface area contributed by atoms with Crippen molar-refractivity contribution in [3.05, 3.63) is 221 Å². The lowest BCUT2D eigenvalue weighted by molar-refractivity contribution is 0.508. The van der Waals surface area contributed by atoms with Gasteiger partial charge in [-0.2, -0.15) is 0 Å². The van der Waals surface area contributed by atoms with E-state index < -0.39 is 0 Å². The van der Waals surface area contributed by atoms with E-state index >= 15 is 0 Å². The van der Waals surface area contributed by atoms with Crippen LogP contribution in [-0.2, 0) is 18.3 Å². The van der Waals surface area contributed by atoms with Crippen LogP contribution in [0.5, 0.6) is 0 Å². The molecule has 2 aliphatic carbocycles. The molecule has 9 aromatic rings. The zero-order valence-electron chi connectivity index (χ0n) is 33.1. The molecule has 0 aliphatic heterocycles. The molecular weight excluding hydrogens is 703 g/mol. The normalized spacial score (nSPS) is 15.6. The fourth-order valence-electron chi connectivity index (χ4n) is 10.6. The molecule has 0 fully saturated rings. The molecule has 1 aromatic heterocycles. The van der Waals surface area contributed by atoms with Gasteiger partial charge >= 0.3 is 0 Å². The van der Waals surface area contributed by atoms with Crippen LogP contribution in [0.1, 0.15) is 46.2 Å². The molecule has 1 atom stereocenters. The van der Waals surface area contributed by atoms with E-state index in [1.807, 2.05) is 0 Å². The number of benzene rings is 8. The van der Waals surface area contributed by atoms with Crippen molar-refractivity contribution in [2.24, 2.45) is 0 Å². The summed E-state index contributed by atoms with van der Waals surface area (Å²) in [7, 11) is 0. The van der Waals surface area contributed by atoms with Gasteiger partial charge in [-0.3, -0.25) is 0 Å². The summed E-state index contributed by atoms with van der Waals surface area (Å²) in [6, 6.07) is 69.6. The predicted molar refractivity (Wildman–Crippen MR) is 243 cm³/mol. The van der Waals surface area contributed by atoms with E-state index in [-0.39, 0.29) is 5.41 Å². The summed E-state index contributed by atoms with van der Waals surface area (Å²) >= 11 is 0. The van der Waals surface area contributed by atoms with Crippen molar-refractivity contribution >= 4 is 55.9 Å². The van der Waals surface area contributed by atoms with Crippen LogP contribution < -0.4 is 9.80 Å². The van der Waals surface area contributed by atoms with Crippen LogP contribution in [0.15, 0.2) is 188 Å². The van der Waals surface area contributed by atoms with E-state index in [9.17, 15) is 0 Å². The molecule has 11 rings (SSSR count). The van der Waals surface area contributed by atoms with Crippen molar-refractivity contribution in [1.82, 2.24) is 4.57 Å². The number of anilines is 6. The van der Waals surface area contributed by atoms with Gasteiger partial charge in [0, 0.05) is 44.6 Å². The zero-order valence-corrected chi connectivity index (χ0v) is 33.1. The van der Waals surface area contributed by atoms with Crippen molar-refractivity contribution in [1.29, 1.82) is 0 Å².